The summed E-state index contributed by atoms with van der Waals surface area (Å²) in [6.07, 6.45) is 2.49. The van der Waals surface area contributed by atoms with Gasteiger partial charge in [0.05, 0.1) is 0 Å². The van der Waals surface area contributed by atoms with E-state index in [2.05, 4.69) is 17.2 Å². The summed E-state index contributed by atoms with van der Waals surface area (Å²) < 4.78 is 4.32. The molecule has 0 saturated carbocycles. The molecule has 2 rings (SSSR count). The number of anilines is 1. The highest BCUT2D eigenvalue weighted by Crippen LogP contribution is 2.16. The summed E-state index contributed by atoms with van der Waals surface area (Å²) in [5.41, 5.74) is 0.0942. The standard InChI is InChI=1S/C14H23N5O3/c1-4-5-8-19-10-11(16-13(19)15-7-6-9-20)17(2)14(22)18(3)12(10)21/h20H,4-9H2,1-3H3,(H,15,16). The monoisotopic (exact) mass is 309 g/mol. The largest absolute Gasteiger partial charge is 0.396 e. The number of aliphatic hydroxyl groups excluding tert-OH is 1. The lowest BCUT2D eigenvalue weighted by atomic mass is 10.3. The van der Waals surface area contributed by atoms with Crippen LogP contribution in [0.15, 0.2) is 9.59 Å². The third-order valence-corrected chi connectivity index (χ3v) is 3.70. The minimum absolute atomic E-state index is 0.0858. The molecular weight excluding hydrogens is 286 g/mol. The molecule has 8 heteroatoms. The molecule has 0 radical (unpaired) electrons. The Bertz CT molecular complexity index is 771. The first-order valence-electron chi connectivity index (χ1n) is 7.53. The molecule has 0 aliphatic rings. The maximum atomic E-state index is 12.4. The van der Waals surface area contributed by atoms with Gasteiger partial charge in [-0.3, -0.25) is 13.9 Å². The molecule has 0 saturated heterocycles. The number of aryl methyl sites for hydroxylation is 2. The Balaban J connectivity index is 2.64. The summed E-state index contributed by atoms with van der Waals surface area (Å²) in [5, 5.41) is 12.0. The summed E-state index contributed by atoms with van der Waals surface area (Å²) in [6.45, 7) is 3.37. The van der Waals surface area contributed by atoms with Crippen molar-refractivity contribution in [3.05, 3.63) is 20.8 Å². The smallest absolute Gasteiger partial charge is 0.332 e. The van der Waals surface area contributed by atoms with Crippen LogP contribution in [0.4, 0.5) is 5.95 Å². The Hall–Kier alpha value is -2.09. The average Bonchev–Trinajstić information content (AvgIpc) is 2.88. The van der Waals surface area contributed by atoms with Gasteiger partial charge in [0.2, 0.25) is 5.95 Å². The van der Waals surface area contributed by atoms with Crippen molar-refractivity contribution < 1.29 is 5.11 Å². The van der Waals surface area contributed by atoms with E-state index in [0.717, 1.165) is 17.4 Å². The van der Waals surface area contributed by atoms with Crippen LogP contribution in [-0.4, -0.2) is 36.9 Å². The number of unbranched alkanes of at least 4 members (excludes halogenated alkanes) is 1. The maximum absolute atomic E-state index is 12.4. The normalized spacial score (nSPS) is 11.3. The van der Waals surface area contributed by atoms with Gasteiger partial charge in [-0.25, -0.2) is 4.79 Å². The zero-order valence-electron chi connectivity index (χ0n) is 13.3. The maximum Gasteiger partial charge on any atom is 0.332 e. The molecule has 0 aromatic carbocycles. The number of fused-ring (bicyclic) bond motifs is 1. The number of hydrogen-bond donors (Lipinski definition) is 2. The first kappa shape index (κ1) is 16.3. The molecule has 8 nitrogen and oxygen atoms in total. The molecule has 0 spiro atoms. The second-order valence-electron chi connectivity index (χ2n) is 5.32. The number of nitrogens with zero attached hydrogens (tertiary/aromatic N) is 4. The van der Waals surface area contributed by atoms with E-state index in [-0.39, 0.29) is 17.9 Å². The van der Waals surface area contributed by atoms with Crippen LogP contribution in [0.1, 0.15) is 26.2 Å². The van der Waals surface area contributed by atoms with E-state index in [1.165, 1.54) is 11.6 Å². The molecule has 0 fully saturated rings. The van der Waals surface area contributed by atoms with Crippen molar-refractivity contribution in [1.82, 2.24) is 18.7 Å². The van der Waals surface area contributed by atoms with Crippen molar-refractivity contribution in [3.8, 4) is 0 Å². The van der Waals surface area contributed by atoms with Gasteiger partial charge in [-0.15, -0.1) is 0 Å². The zero-order chi connectivity index (χ0) is 16.3. The van der Waals surface area contributed by atoms with Crippen molar-refractivity contribution in [1.29, 1.82) is 0 Å². The number of nitrogens with one attached hydrogen (secondary N) is 1. The Morgan fingerprint density at radius 3 is 2.55 bits per heavy atom. The lowest BCUT2D eigenvalue weighted by Crippen LogP contribution is -2.37. The number of aliphatic hydroxyl groups is 1. The minimum atomic E-state index is -0.389. The average molecular weight is 309 g/mol. The third kappa shape index (κ3) is 2.78. The lowest BCUT2D eigenvalue weighted by Gasteiger charge is -2.10. The fourth-order valence-corrected chi connectivity index (χ4v) is 2.39. The molecule has 0 unspecified atom stereocenters. The van der Waals surface area contributed by atoms with Crippen molar-refractivity contribution in [2.24, 2.45) is 14.1 Å². The van der Waals surface area contributed by atoms with E-state index < -0.39 is 0 Å². The second-order valence-corrected chi connectivity index (χ2v) is 5.32. The lowest BCUT2D eigenvalue weighted by molar-refractivity contribution is 0.292. The van der Waals surface area contributed by atoms with Gasteiger partial charge in [-0.05, 0) is 12.8 Å². The molecule has 0 aliphatic carbocycles. The number of rotatable bonds is 7. The molecule has 0 bridgehead atoms. The van der Waals surface area contributed by atoms with E-state index in [1.54, 1.807) is 7.05 Å². The minimum Gasteiger partial charge on any atom is -0.396 e. The molecule has 0 amide bonds. The fraction of sp³-hybridized carbons (Fsp3) is 0.643. The quantitative estimate of drug-likeness (QED) is 0.704. The van der Waals surface area contributed by atoms with E-state index >= 15 is 0 Å². The van der Waals surface area contributed by atoms with E-state index in [4.69, 9.17) is 5.11 Å². The van der Waals surface area contributed by atoms with Crippen LogP contribution in [0.5, 0.6) is 0 Å². The van der Waals surface area contributed by atoms with Gasteiger partial charge in [-0.2, -0.15) is 4.98 Å². The zero-order valence-corrected chi connectivity index (χ0v) is 13.3. The summed E-state index contributed by atoms with van der Waals surface area (Å²) in [6, 6.07) is 0. The number of imidazole rings is 1. The van der Waals surface area contributed by atoms with E-state index in [9.17, 15) is 9.59 Å². The van der Waals surface area contributed by atoms with E-state index in [1.807, 2.05) is 4.57 Å². The van der Waals surface area contributed by atoms with Crippen LogP contribution in [0.25, 0.3) is 11.2 Å². The van der Waals surface area contributed by atoms with Gasteiger partial charge in [0, 0.05) is 33.8 Å². The first-order chi connectivity index (χ1) is 10.5. The highest BCUT2D eigenvalue weighted by Gasteiger charge is 2.18. The SMILES string of the molecule is CCCCn1c(NCCCO)nc2c1c(=O)n(C)c(=O)n2C. The van der Waals surface area contributed by atoms with Crippen LogP contribution in [0, 0.1) is 0 Å². The summed E-state index contributed by atoms with van der Waals surface area (Å²) in [5.74, 6) is 0.565. The van der Waals surface area contributed by atoms with Gasteiger partial charge in [0.25, 0.3) is 5.56 Å². The van der Waals surface area contributed by atoms with Crippen LogP contribution < -0.4 is 16.6 Å². The highest BCUT2D eigenvalue weighted by atomic mass is 16.3. The number of hydrogen-bond acceptors (Lipinski definition) is 5. The van der Waals surface area contributed by atoms with Crippen molar-refractivity contribution in [2.45, 2.75) is 32.7 Å². The Kier molecular flexibility index (Phi) is 5.02. The Morgan fingerprint density at radius 1 is 1.18 bits per heavy atom. The van der Waals surface area contributed by atoms with Crippen molar-refractivity contribution >= 4 is 17.1 Å². The van der Waals surface area contributed by atoms with Gasteiger partial charge in [-0.1, -0.05) is 13.3 Å². The predicted octanol–water partition coefficient (Wildman–Crippen LogP) is 0.0281. The van der Waals surface area contributed by atoms with Crippen LogP contribution >= 0.6 is 0 Å². The molecular formula is C14H23N5O3. The summed E-state index contributed by atoms with van der Waals surface area (Å²) in [7, 11) is 3.08. The molecule has 2 aromatic rings. The first-order valence-corrected chi connectivity index (χ1v) is 7.53. The van der Waals surface area contributed by atoms with Gasteiger partial charge < -0.3 is 15.0 Å². The predicted molar refractivity (Wildman–Crippen MR) is 85.3 cm³/mol. The van der Waals surface area contributed by atoms with Crippen molar-refractivity contribution in [3.63, 3.8) is 0 Å². The topological polar surface area (TPSA) is 94.1 Å². The molecule has 0 aliphatic heterocycles. The van der Waals surface area contributed by atoms with Gasteiger partial charge in [0.15, 0.2) is 11.2 Å². The van der Waals surface area contributed by atoms with Gasteiger partial charge in [0.1, 0.15) is 0 Å². The fourth-order valence-electron chi connectivity index (χ4n) is 2.39. The molecule has 2 N–H and O–H groups in total. The Morgan fingerprint density at radius 2 is 1.91 bits per heavy atom. The molecule has 2 aromatic heterocycles. The molecule has 0 atom stereocenters. The van der Waals surface area contributed by atoms with Crippen molar-refractivity contribution in [2.75, 3.05) is 18.5 Å². The molecule has 122 valence electrons. The molecule has 22 heavy (non-hydrogen) atoms. The Labute approximate surface area is 128 Å². The van der Waals surface area contributed by atoms with Gasteiger partial charge >= 0.3 is 5.69 Å². The molecule has 2 heterocycles. The number of aromatic nitrogens is 4. The summed E-state index contributed by atoms with van der Waals surface area (Å²) >= 11 is 0. The second kappa shape index (κ2) is 6.78. The van der Waals surface area contributed by atoms with E-state index in [0.29, 0.717) is 36.6 Å². The van der Waals surface area contributed by atoms with Crippen LogP contribution in [0.2, 0.25) is 0 Å². The highest BCUT2D eigenvalue weighted by molar-refractivity contribution is 5.74. The van der Waals surface area contributed by atoms with Crippen LogP contribution in [-0.2, 0) is 20.6 Å². The summed E-state index contributed by atoms with van der Waals surface area (Å²) in [4.78, 5) is 28.9. The third-order valence-electron chi connectivity index (χ3n) is 3.70. The van der Waals surface area contributed by atoms with Crippen LogP contribution in [0.3, 0.4) is 0 Å².